The van der Waals surface area contributed by atoms with E-state index in [9.17, 15) is 0 Å². The third kappa shape index (κ3) is 2.14. The second-order valence-electron chi connectivity index (χ2n) is 2.81. The van der Waals surface area contributed by atoms with Crippen LogP contribution in [-0.2, 0) is 0 Å². The molecule has 0 amide bonds. The van der Waals surface area contributed by atoms with Crippen molar-refractivity contribution in [1.82, 2.24) is 0 Å². The van der Waals surface area contributed by atoms with Gasteiger partial charge in [-0.2, -0.15) is 4.99 Å². The maximum absolute atomic E-state index is 5.15. The number of nitrogens with zero attached hydrogens (tertiary/aromatic N) is 1. The predicted molar refractivity (Wildman–Crippen MR) is 57.2 cm³/mol. The Morgan fingerprint density at radius 1 is 1.31 bits per heavy atom. The van der Waals surface area contributed by atoms with Crippen LogP contribution in [0.5, 0.6) is 5.75 Å². The predicted octanol–water partition coefficient (Wildman–Crippen LogP) is 3.05. The smallest absolute Gasteiger partial charge is 0.145 e. The van der Waals surface area contributed by atoms with Gasteiger partial charge in [0.15, 0.2) is 0 Å². The second-order valence-corrected chi connectivity index (χ2v) is 2.99. The highest BCUT2D eigenvalue weighted by Crippen LogP contribution is 2.29. The van der Waals surface area contributed by atoms with Crippen LogP contribution in [0, 0.1) is 13.8 Å². The van der Waals surface area contributed by atoms with Crippen LogP contribution in [0.25, 0.3) is 0 Å². The summed E-state index contributed by atoms with van der Waals surface area (Å²) < 4.78 is 5.15. The number of isothiocyanates is 1. The highest BCUT2D eigenvalue weighted by atomic mass is 32.1. The molecule has 0 heterocycles. The third-order valence-electron chi connectivity index (χ3n) is 1.96. The number of ether oxygens (including phenoxy) is 1. The molecule has 2 nitrogen and oxygen atoms in total. The monoisotopic (exact) mass is 193 g/mol. The van der Waals surface area contributed by atoms with Crippen molar-refractivity contribution in [2.75, 3.05) is 7.11 Å². The number of benzene rings is 1. The van der Waals surface area contributed by atoms with Gasteiger partial charge in [0.1, 0.15) is 11.4 Å². The molecule has 0 radical (unpaired) electrons. The van der Waals surface area contributed by atoms with Crippen molar-refractivity contribution >= 4 is 23.1 Å². The fourth-order valence-electron chi connectivity index (χ4n) is 1.07. The zero-order valence-electron chi connectivity index (χ0n) is 7.92. The summed E-state index contributed by atoms with van der Waals surface area (Å²) in [7, 11) is 1.62. The lowest BCUT2D eigenvalue weighted by molar-refractivity contribution is 0.416. The molecule has 0 aliphatic carbocycles. The lowest BCUT2D eigenvalue weighted by Crippen LogP contribution is -1.87. The summed E-state index contributed by atoms with van der Waals surface area (Å²) in [5, 5.41) is 2.33. The highest BCUT2D eigenvalue weighted by molar-refractivity contribution is 7.78. The van der Waals surface area contributed by atoms with E-state index in [1.165, 1.54) is 11.1 Å². The summed E-state index contributed by atoms with van der Waals surface area (Å²) in [6, 6.07) is 3.88. The van der Waals surface area contributed by atoms with E-state index in [-0.39, 0.29) is 0 Å². The third-order valence-corrected chi connectivity index (χ3v) is 2.05. The molecule has 0 bridgehead atoms. The average Bonchev–Trinajstić information content (AvgIpc) is 2.11. The van der Waals surface area contributed by atoms with Crippen LogP contribution < -0.4 is 4.74 Å². The summed E-state index contributed by atoms with van der Waals surface area (Å²) in [5.74, 6) is 0.737. The SMILES string of the molecule is COc1cc(C)c(C)cc1N=C=S. The van der Waals surface area contributed by atoms with Crippen molar-refractivity contribution in [3.8, 4) is 5.75 Å². The maximum Gasteiger partial charge on any atom is 0.145 e. The second kappa shape index (κ2) is 4.17. The van der Waals surface area contributed by atoms with E-state index in [4.69, 9.17) is 4.74 Å². The number of hydrogen-bond acceptors (Lipinski definition) is 3. The molecular weight excluding hydrogens is 182 g/mol. The van der Waals surface area contributed by atoms with E-state index in [1.807, 2.05) is 26.0 Å². The minimum atomic E-state index is 0.737. The van der Waals surface area contributed by atoms with Crippen LogP contribution in [0.3, 0.4) is 0 Å². The van der Waals surface area contributed by atoms with Crippen LogP contribution in [0.4, 0.5) is 5.69 Å². The van der Waals surface area contributed by atoms with Crippen molar-refractivity contribution in [3.63, 3.8) is 0 Å². The summed E-state index contributed by atoms with van der Waals surface area (Å²) in [4.78, 5) is 3.92. The molecule has 1 aromatic carbocycles. The zero-order chi connectivity index (χ0) is 9.84. The molecule has 0 N–H and O–H groups in total. The van der Waals surface area contributed by atoms with E-state index < -0.39 is 0 Å². The Bertz CT molecular complexity index is 367. The molecule has 0 aliphatic heterocycles. The molecule has 0 atom stereocenters. The highest BCUT2D eigenvalue weighted by Gasteiger charge is 2.03. The fourth-order valence-corrected chi connectivity index (χ4v) is 1.17. The van der Waals surface area contributed by atoms with Gasteiger partial charge in [-0.3, -0.25) is 0 Å². The summed E-state index contributed by atoms with van der Waals surface area (Å²) >= 11 is 4.55. The zero-order valence-corrected chi connectivity index (χ0v) is 8.73. The fraction of sp³-hybridized carbons (Fsp3) is 0.300. The van der Waals surface area contributed by atoms with Crippen molar-refractivity contribution in [3.05, 3.63) is 23.3 Å². The Morgan fingerprint density at radius 3 is 2.46 bits per heavy atom. The quantitative estimate of drug-likeness (QED) is 0.532. The van der Waals surface area contributed by atoms with Gasteiger partial charge in [-0.25, -0.2) is 0 Å². The van der Waals surface area contributed by atoms with Crippen LogP contribution in [0.15, 0.2) is 17.1 Å². The first-order chi connectivity index (χ1) is 6.19. The van der Waals surface area contributed by atoms with Gasteiger partial charge in [0, 0.05) is 0 Å². The molecule has 1 rings (SSSR count). The standard InChI is InChI=1S/C10H11NOS/c1-7-4-9(11-6-13)10(12-3)5-8(7)2/h4-5H,1-3H3. The number of aryl methyl sites for hydroxylation is 2. The van der Waals surface area contributed by atoms with Gasteiger partial charge in [0.25, 0.3) is 0 Å². The van der Waals surface area contributed by atoms with Gasteiger partial charge < -0.3 is 4.74 Å². The van der Waals surface area contributed by atoms with Gasteiger partial charge in [-0.1, -0.05) is 0 Å². The minimum absolute atomic E-state index is 0.737. The number of aliphatic imine (C=N–C) groups is 1. The molecule has 0 spiro atoms. The summed E-state index contributed by atoms with van der Waals surface area (Å²) in [6.07, 6.45) is 0. The molecule has 0 aromatic heterocycles. The van der Waals surface area contributed by atoms with Crippen LogP contribution in [0.2, 0.25) is 0 Å². The maximum atomic E-state index is 5.15. The molecule has 0 aliphatic rings. The number of rotatable bonds is 2. The Hall–Kier alpha value is -1.18. The van der Waals surface area contributed by atoms with Gasteiger partial charge in [0.05, 0.1) is 12.3 Å². The molecule has 1 aromatic rings. The van der Waals surface area contributed by atoms with Gasteiger partial charge in [-0.15, -0.1) is 0 Å². The minimum Gasteiger partial charge on any atom is -0.494 e. The van der Waals surface area contributed by atoms with Crippen LogP contribution >= 0.6 is 12.2 Å². The average molecular weight is 193 g/mol. The van der Waals surface area contributed by atoms with E-state index in [0.717, 1.165) is 11.4 Å². The molecule has 3 heteroatoms. The molecule has 0 saturated heterocycles. The summed E-state index contributed by atoms with van der Waals surface area (Å²) in [5.41, 5.74) is 3.09. The largest absolute Gasteiger partial charge is 0.494 e. The van der Waals surface area contributed by atoms with E-state index in [0.29, 0.717) is 0 Å². The van der Waals surface area contributed by atoms with Crippen molar-refractivity contribution in [2.45, 2.75) is 13.8 Å². The number of methoxy groups -OCH3 is 1. The first-order valence-corrected chi connectivity index (χ1v) is 4.33. The Morgan fingerprint density at radius 2 is 1.92 bits per heavy atom. The van der Waals surface area contributed by atoms with E-state index >= 15 is 0 Å². The molecular formula is C10H11NOS. The number of hydrogen-bond donors (Lipinski definition) is 0. The van der Waals surface area contributed by atoms with E-state index in [2.05, 4.69) is 22.4 Å². The van der Waals surface area contributed by atoms with Crippen molar-refractivity contribution in [1.29, 1.82) is 0 Å². The van der Waals surface area contributed by atoms with Crippen molar-refractivity contribution < 1.29 is 4.74 Å². The topological polar surface area (TPSA) is 21.6 Å². The Balaban J connectivity index is 3.32. The van der Waals surface area contributed by atoms with Gasteiger partial charge >= 0.3 is 0 Å². The van der Waals surface area contributed by atoms with Gasteiger partial charge in [-0.05, 0) is 49.3 Å². The number of thiocarbonyl (C=S) groups is 1. The van der Waals surface area contributed by atoms with Crippen LogP contribution in [0.1, 0.15) is 11.1 Å². The molecule has 0 unspecified atom stereocenters. The Kier molecular flexibility index (Phi) is 3.18. The van der Waals surface area contributed by atoms with Crippen molar-refractivity contribution in [2.24, 2.45) is 4.99 Å². The van der Waals surface area contributed by atoms with Gasteiger partial charge in [0.2, 0.25) is 0 Å². The lowest BCUT2D eigenvalue weighted by Gasteiger charge is -2.06. The normalized spacial score (nSPS) is 9.15. The molecule has 68 valence electrons. The first-order valence-electron chi connectivity index (χ1n) is 3.92. The van der Waals surface area contributed by atoms with Crippen LogP contribution in [-0.4, -0.2) is 12.3 Å². The lowest BCUT2D eigenvalue weighted by atomic mass is 10.1. The first kappa shape index (κ1) is 9.90. The molecule has 0 fully saturated rings. The Labute approximate surface area is 83.3 Å². The molecule has 0 saturated carbocycles. The molecule has 13 heavy (non-hydrogen) atoms. The van der Waals surface area contributed by atoms with E-state index in [1.54, 1.807) is 7.11 Å². The summed E-state index contributed by atoms with van der Waals surface area (Å²) in [6.45, 7) is 4.06.